The molecule has 1 aromatic rings. The molecule has 0 atom stereocenters. The molecule has 2 nitrogen and oxygen atoms in total. The zero-order chi connectivity index (χ0) is 8.97. The lowest BCUT2D eigenvalue weighted by Gasteiger charge is -1.84. The van der Waals surface area contributed by atoms with Crippen LogP contribution in [0.5, 0.6) is 0 Å². The van der Waals surface area contributed by atoms with Gasteiger partial charge < -0.3 is 0 Å². The predicted molar refractivity (Wildman–Crippen MR) is 51.2 cm³/mol. The fourth-order valence-electron chi connectivity index (χ4n) is 0.782. The fraction of sp³-hybridized carbons (Fsp3) is 0.333. The molecule has 0 N–H and O–H groups in total. The monoisotopic (exact) mass is 181 g/mol. The van der Waals surface area contributed by atoms with Gasteiger partial charge in [0.15, 0.2) is 0 Å². The van der Waals surface area contributed by atoms with E-state index in [2.05, 4.69) is 11.9 Å². The van der Waals surface area contributed by atoms with Gasteiger partial charge in [-0.1, -0.05) is 6.92 Å². The van der Waals surface area contributed by atoms with E-state index in [1.165, 1.54) is 4.88 Å². The Balaban J connectivity index is 2.82. The van der Waals surface area contributed by atoms with Crippen LogP contribution in [0.4, 0.5) is 0 Å². The van der Waals surface area contributed by atoms with E-state index >= 15 is 0 Å². The molecule has 1 aromatic heterocycles. The Morgan fingerprint density at radius 2 is 2.50 bits per heavy atom. The van der Waals surface area contributed by atoms with Crippen LogP contribution in [0.1, 0.15) is 23.7 Å². The number of hydrogen-bond donors (Lipinski definition) is 0. The van der Waals surface area contributed by atoms with Crippen molar-refractivity contribution in [1.29, 1.82) is 0 Å². The van der Waals surface area contributed by atoms with Gasteiger partial charge in [-0.3, -0.25) is 4.79 Å². The van der Waals surface area contributed by atoms with E-state index in [9.17, 15) is 4.79 Å². The standard InChI is InChI=1S/C9H11NOS/c1-3-8-5-10-9(12-8)4-7(2)6-11/h4-6H,3H2,1-2H3/b7-4-. The number of aromatic nitrogens is 1. The topological polar surface area (TPSA) is 30.0 Å². The summed E-state index contributed by atoms with van der Waals surface area (Å²) in [6.07, 6.45) is 5.50. The molecule has 1 heterocycles. The minimum absolute atomic E-state index is 0.715. The van der Waals surface area contributed by atoms with Gasteiger partial charge in [-0.25, -0.2) is 4.98 Å². The zero-order valence-electron chi connectivity index (χ0n) is 7.20. The number of aldehydes is 1. The Labute approximate surface area is 76.0 Å². The van der Waals surface area contributed by atoms with Gasteiger partial charge >= 0.3 is 0 Å². The summed E-state index contributed by atoms with van der Waals surface area (Å²) in [5, 5.41) is 0.913. The Morgan fingerprint density at radius 1 is 1.75 bits per heavy atom. The minimum Gasteiger partial charge on any atom is -0.298 e. The molecular formula is C9H11NOS. The number of aryl methyl sites for hydroxylation is 1. The summed E-state index contributed by atoms with van der Waals surface area (Å²) in [6.45, 7) is 3.87. The van der Waals surface area contributed by atoms with Crippen molar-refractivity contribution in [3.63, 3.8) is 0 Å². The molecular weight excluding hydrogens is 170 g/mol. The highest BCUT2D eigenvalue weighted by Crippen LogP contribution is 2.15. The van der Waals surface area contributed by atoms with Gasteiger partial charge in [0.05, 0.1) is 0 Å². The third-order valence-corrected chi connectivity index (χ3v) is 2.55. The van der Waals surface area contributed by atoms with E-state index < -0.39 is 0 Å². The third-order valence-electron chi connectivity index (χ3n) is 1.46. The van der Waals surface area contributed by atoms with Gasteiger partial charge in [-0.15, -0.1) is 11.3 Å². The second-order valence-electron chi connectivity index (χ2n) is 2.52. The minimum atomic E-state index is 0.715. The van der Waals surface area contributed by atoms with Crippen molar-refractivity contribution in [2.75, 3.05) is 0 Å². The maximum atomic E-state index is 10.3. The maximum Gasteiger partial charge on any atom is 0.145 e. The van der Waals surface area contributed by atoms with E-state index in [0.29, 0.717) is 5.57 Å². The molecule has 0 unspecified atom stereocenters. The average Bonchev–Trinajstić information content (AvgIpc) is 2.52. The zero-order valence-corrected chi connectivity index (χ0v) is 8.02. The Morgan fingerprint density at radius 3 is 3.00 bits per heavy atom. The molecule has 0 aliphatic heterocycles. The number of allylic oxidation sites excluding steroid dienone is 1. The van der Waals surface area contributed by atoms with E-state index in [4.69, 9.17) is 0 Å². The molecule has 0 spiro atoms. The van der Waals surface area contributed by atoms with Crippen molar-refractivity contribution in [2.24, 2.45) is 0 Å². The van der Waals surface area contributed by atoms with Crippen LogP contribution in [-0.4, -0.2) is 11.3 Å². The third kappa shape index (κ3) is 2.27. The first-order chi connectivity index (χ1) is 5.76. The first-order valence-electron chi connectivity index (χ1n) is 3.84. The van der Waals surface area contributed by atoms with Crippen molar-refractivity contribution >= 4 is 23.7 Å². The molecule has 0 bridgehead atoms. The van der Waals surface area contributed by atoms with Gasteiger partial charge in [0.2, 0.25) is 0 Å². The van der Waals surface area contributed by atoms with Gasteiger partial charge in [0, 0.05) is 11.1 Å². The molecule has 3 heteroatoms. The highest BCUT2D eigenvalue weighted by atomic mass is 32.1. The average molecular weight is 181 g/mol. The SMILES string of the molecule is CCc1cnc(/C=C(/C)C=O)s1. The van der Waals surface area contributed by atoms with Gasteiger partial charge in [0.1, 0.15) is 11.3 Å². The molecule has 0 aromatic carbocycles. The maximum absolute atomic E-state index is 10.3. The lowest BCUT2D eigenvalue weighted by molar-refractivity contribution is -0.104. The van der Waals surface area contributed by atoms with E-state index in [-0.39, 0.29) is 0 Å². The van der Waals surface area contributed by atoms with Crippen LogP contribution >= 0.6 is 11.3 Å². The second-order valence-corrected chi connectivity index (χ2v) is 3.67. The van der Waals surface area contributed by atoms with Gasteiger partial charge in [0.25, 0.3) is 0 Å². The van der Waals surface area contributed by atoms with Crippen LogP contribution in [0.15, 0.2) is 11.8 Å². The molecule has 12 heavy (non-hydrogen) atoms. The van der Waals surface area contributed by atoms with Crippen LogP contribution in [0.2, 0.25) is 0 Å². The molecule has 1 rings (SSSR count). The first kappa shape index (κ1) is 9.13. The van der Waals surface area contributed by atoms with Gasteiger partial charge in [-0.05, 0) is 25.0 Å². The lowest BCUT2D eigenvalue weighted by Crippen LogP contribution is -1.75. The molecule has 0 saturated carbocycles. The Hall–Kier alpha value is -0.960. The summed E-state index contributed by atoms with van der Waals surface area (Å²) in [5.74, 6) is 0. The summed E-state index contributed by atoms with van der Waals surface area (Å²) in [7, 11) is 0. The van der Waals surface area contributed by atoms with E-state index in [1.54, 1.807) is 24.3 Å². The molecule has 0 amide bonds. The molecule has 0 aliphatic rings. The highest BCUT2D eigenvalue weighted by Gasteiger charge is 1.96. The quantitative estimate of drug-likeness (QED) is 0.529. The molecule has 0 fully saturated rings. The van der Waals surface area contributed by atoms with Crippen LogP contribution in [0.25, 0.3) is 6.08 Å². The predicted octanol–water partition coefficient (Wildman–Crippen LogP) is 2.31. The number of hydrogen-bond acceptors (Lipinski definition) is 3. The fourth-order valence-corrected chi connectivity index (χ4v) is 1.65. The number of nitrogens with zero attached hydrogens (tertiary/aromatic N) is 1. The summed E-state index contributed by atoms with van der Waals surface area (Å²) in [6, 6.07) is 0. The smallest absolute Gasteiger partial charge is 0.145 e. The number of carbonyl (C=O) groups is 1. The molecule has 0 saturated heterocycles. The number of rotatable bonds is 3. The first-order valence-corrected chi connectivity index (χ1v) is 4.66. The highest BCUT2D eigenvalue weighted by molar-refractivity contribution is 7.12. The summed E-state index contributed by atoms with van der Waals surface area (Å²) < 4.78 is 0. The van der Waals surface area contributed by atoms with Crippen molar-refractivity contribution in [1.82, 2.24) is 4.98 Å². The van der Waals surface area contributed by atoms with Crippen LogP contribution in [0.3, 0.4) is 0 Å². The van der Waals surface area contributed by atoms with Crippen LogP contribution in [-0.2, 0) is 11.2 Å². The van der Waals surface area contributed by atoms with Crippen molar-refractivity contribution in [2.45, 2.75) is 20.3 Å². The summed E-state index contributed by atoms with van der Waals surface area (Å²) in [5.41, 5.74) is 0.715. The lowest BCUT2D eigenvalue weighted by atomic mass is 10.3. The number of thiazole rings is 1. The normalized spacial score (nSPS) is 11.7. The largest absolute Gasteiger partial charge is 0.298 e. The van der Waals surface area contributed by atoms with Gasteiger partial charge in [-0.2, -0.15) is 0 Å². The molecule has 64 valence electrons. The summed E-state index contributed by atoms with van der Waals surface area (Å²) in [4.78, 5) is 15.7. The number of carbonyl (C=O) groups excluding carboxylic acids is 1. The van der Waals surface area contributed by atoms with Crippen LogP contribution < -0.4 is 0 Å². The molecule has 0 radical (unpaired) electrons. The Bertz CT molecular complexity index is 301. The molecule has 0 aliphatic carbocycles. The van der Waals surface area contributed by atoms with Crippen molar-refractivity contribution in [3.8, 4) is 0 Å². The summed E-state index contributed by atoms with van der Waals surface area (Å²) >= 11 is 1.63. The van der Waals surface area contributed by atoms with Crippen molar-refractivity contribution < 1.29 is 4.79 Å². The Kier molecular flexibility index (Phi) is 3.17. The second kappa shape index (κ2) is 4.16. The van der Waals surface area contributed by atoms with Crippen LogP contribution in [0, 0.1) is 0 Å². The van der Waals surface area contributed by atoms with E-state index in [0.717, 1.165) is 17.7 Å². The van der Waals surface area contributed by atoms with Crippen molar-refractivity contribution in [3.05, 3.63) is 21.7 Å². The van der Waals surface area contributed by atoms with E-state index in [1.807, 2.05) is 6.20 Å².